The van der Waals surface area contributed by atoms with Gasteiger partial charge in [0.15, 0.2) is 0 Å². The molecule has 1 aliphatic heterocycles. The Morgan fingerprint density at radius 1 is 1.32 bits per heavy atom. The van der Waals surface area contributed by atoms with Gasteiger partial charge in [-0.2, -0.15) is 0 Å². The highest BCUT2D eigenvalue weighted by Gasteiger charge is 2.34. The van der Waals surface area contributed by atoms with Crippen LogP contribution in [0.4, 0.5) is 0 Å². The summed E-state index contributed by atoms with van der Waals surface area (Å²) in [6, 6.07) is 11.2. The number of carboxylic acid groups (broad SMARTS) is 1. The van der Waals surface area contributed by atoms with Crippen molar-refractivity contribution >= 4 is 5.97 Å². The van der Waals surface area contributed by atoms with Crippen molar-refractivity contribution in [1.29, 1.82) is 0 Å². The molecule has 22 heavy (non-hydrogen) atoms. The van der Waals surface area contributed by atoms with Crippen molar-refractivity contribution in [1.82, 2.24) is 9.88 Å². The SMILES string of the molecule is Cc1ccccc1C(C(=O)O)N1CCC(c2cccnc2)C1. The molecule has 0 aliphatic carbocycles. The number of carbonyl (C=O) groups is 1. The minimum Gasteiger partial charge on any atom is -0.480 e. The molecule has 1 N–H and O–H groups in total. The van der Waals surface area contributed by atoms with E-state index in [0.717, 1.165) is 30.6 Å². The highest BCUT2D eigenvalue weighted by Crippen LogP contribution is 2.33. The number of aromatic nitrogens is 1. The molecular weight excluding hydrogens is 276 g/mol. The van der Waals surface area contributed by atoms with Gasteiger partial charge in [-0.1, -0.05) is 30.3 Å². The first-order chi connectivity index (χ1) is 10.7. The Hall–Kier alpha value is -2.20. The molecule has 4 heteroatoms. The number of aryl methyl sites for hydroxylation is 1. The van der Waals surface area contributed by atoms with Crippen LogP contribution in [0.2, 0.25) is 0 Å². The number of rotatable bonds is 4. The van der Waals surface area contributed by atoms with Gasteiger partial charge < -0.3 is 5.11 Å². The fourth-order valence-corrected chi connectivity index (χ4v) is 3.29. The summed E-state index contributed by atoms with van der Waals surface area (Å²) in [6.07, 6.45) is 4.63. The number of nitrogens with zero attached hydrogens (tertiary/aromatic N) is 2. The summed E-state index contributed by atoms with van der Waals surface area (Å²) in [6.45, 7) is 3.53. The van der Waals surface area contributed by atoms with Crippen molar-refractivity contribution in [3.63, 3.8) is 0 Å². The van der Waals surface area contributed by atoms with Crippen molar-refractivity contribution < 1.29 is 9.90 Å². The highest BCUT2D eigenvalue weighted by atomic mass is 16.4. The van der Waals surface area contributed by atoms with Crippen LogP contribution < -0.4 is 0 Å². The third-order valence-corrected chi connectivity index (χ3v) is 4.46. The van der Waals surface area contributed by atoms with Crippen LogP contribution in [0.25, 0.3) is 0 Å². The van der Waals surface area contributed by atoms with Crippen molar-refractivity contribution in [2.75, 3.05) is 13.1 Å². The van der Waals surface area contributed by atoms with E-state index >= 15 is 0 Å². The minimum atomic E-state index is -0.777. The topological polar surface area (TPSA) is 53.4 Å². The molecule has 1 saturated heterocycles. The molecule has 0 spiro atoms. The van der Waals surface area contributed by atoms with Crippen LogP contribution in [0.15, 0.2) is 48.8 Å². The number of pyridine rings is 1. The molecule has 0 bridgehead atoms. The normalized spacial score (nSPS) is 20.0. The van der Waals surface area contributed by atoms with Crippen molar-refractivity contribution in [3.8, 4) is 0 Å². The van der Waals surface area contributed by atoms with E-state index in [1.807, 2.05) is 43.5 Å². The smallest absolute Gasteiger partial charge is 0.325 e. The van der Waals surface area contributed by atoms with Gasteiger partial charge in [-0.25, -0.2) is 0 Å². The van der Waals surface area contributed by atoms with Crippen LogP contribution >= 0.6 is 0 Å². The standard InChI is InChI=1S/C18H20N2O2/c1-13-5-2-3-7-16(13)17(18(21)22)20-10-8-15(12-20)14-6-4-9-19-11-14/h2-7,9,11,15,17H,8,10,12H2,1H3,(H,21,22). The van der Waals surface area contributed by atoms with Gasteiger partial charge in [0.1, 0.15) is 6.04 Å². The van der Waals surface area contributed by atoms with Crippen molar-refractivity contribution in [2.45, 2.75) is 25.3 Å². The van der Waals surface area contributed by atoms with Crippen LogP contribution in [-0.4, -0.2) is 34.0 Å². The van der Waals surface area contributed by atoms with E-state index in [1.165, 1.54) is 5.56 Å². The number of likely N-dealkylation sites (tertiary alicyclic amines) is 1. The lowest BCUT2D eigenvalue weighted by Crippen LogP contribution is -2.32. The maximum atomic E-state index is 11.8. The third kappa shape index (κ3) is 2.88. The summed E-state index contributed by atoms with van der Waals surface area (Å²) >= 11 is 0. The molecule has 1 aromatic carbocycles. The molecule has 4 nitrogen and oxygen atoms in total. The van der Waals surface area contributed by atoms with Crippen molar-refractivity contribution in [3.05, 3.63) is 65.5 Å². The number of benzene rings is 1. The Kier molecular flexibility index (Phi) is 4.20. The molecule has 2 atom stereocenters. The van der Waals surface area contributed by atoms with E-state index in [1.54, 1.807) is 6.20 Å². The maximum absolute atomic E-state index is 11.8. The third-order valence-electron chi connectivity index (χ3n) is 4.46. The molecule has 1 aromatic heterocycles. The molecule has 2 heterocycles. The highest BCUT2D eigenvalue weighted by molar-refractivity contribution is 5.76. The Labute approximate surface area is 130 Å². The van der Waals surface area contributed by atoms with Gasteiger partial charge in [0.25, 0.3) is 0 Å². The van der Waals surface area contributed by atoms with Crippen molar-refractivity contribution in [2.24, 2.45) is 0 Å². The lowest BCUT2D eigenvalue weighted by molar-refractivity contribution is -0.143. The van der Waals surface area contributed by atoms with Crippen LogP contribution in [0.3, 0.4) is 0 Å². The zero-order valence-corrected chi connectivity index (χ0v) is 12.6. The van der Waals surface area contributed by atoms with Gasteiger partial charge in [-0.3, -0.25) is 14.7 Å². The molecule has 2 aromatic rings. The average molecular weight is 296 g/mol. The maximum Gasteiger partial charge on any atom is 0.325 e. The zero-order chi connectivity index (χ0) is 15.5. The summed E-state index contributed by atoms with van der Waals surface area (Å²) in [5.74, 6) is -0.416. The molecule has 114 valence electrons. The quantitative estimate of drug-likeness (QED) is 0.942. The Morgan fingerprint density at radius 2 is 2.14 bits per heavy atom. The molecular formula is C18H20N2O2. The molecule has 2 unspecified atom stereocenters. The molecule has 1 aliphatic rings. The molecule has 0 amide bonds. The lowest BCUT2D eigenvalue weighted by Gasteiger charge is -2.26. The minimum absolute atomic E-state index is 0.361. The van der Waals surface area contributed by atoms with Crippen LogP contribution in [0.1, 0.15) is 35.1 Å². The second-order valence-corrected chi connectivity index (χ2v) is 5.86. The molecule has 3 rings (SSSR count). The summed E-state index contributed by atoms with van der Waals surface area (Å²) < 4.78 is 0. The lowest BCUT2D eigenvalue weighted by atomic mass is 9.99. The van der Waals surface area contributed by atoms with Crippen LogP contribution in [0, 0.1) is 6.92 Å². The van der Waals surface area contributed by atoms with E-state index < -0.39 is 12.0 Å². The van der Waals surface area contributed by atoms with Gasteiger partial charge in [0, 0.05) is 18.9 Å². The summed E-state index contributed by atoms with van der Waals surface area (Å²) in [5, 5.41) is 9.71. The largest absolute Gasteiger partial charge is 0.480 e. The first kappa shape index (κ1) is 14.7. The second kappa shape index (κ2) is 6.28. The summed E-state index contributed by atoms with van der Waals surface area (Å²) in [5.41, 5.74) is 3.11. The van der Waals surface area contributed by atoms with E-state index in [4.69, 9.17) is 0 Å². The van der Waals surface area contributed by atoms with Gasteiger partial charge in [-0.05, 0) is 48.6 Å². The zero-order valence-electron chi connectivity index (χ0n) is 12.6. The Bertz CT molecular complexity index is 657. The predicted octanol–water partition coefficient (Wildman–Crippen LogP) is 3.01. The Morgan fingerprint density at radius 3 is 2.82 bits per heavy atom. The Balaban J connectivity index is 1.83. The number of hydrogen-bond donors (Lipinski definition) is 1. The first-order valence-corrected chi connectivity index (χ1v) is 7.59. The van der Waals surface area contributed by atoms with Gasteiger partial charge in [0.05, 0.1) is 0 Å². The van der Waals surface area contributed by atoms with Gasteiger partial charge >= 0.3 is 5.97 Å². The van der Waals surface area contributed by atoms with E-state index in [-0.39, 0.29) is 0 Å². The number of hydrogen-bond acceptors (Lipinski definition) is 3. The summed E-state index contributed by atoms with van der Waals surface area (Å²) in [7, 11) is 0. The predicted molar refractivity (Wildman–Crippen MR) is 84.7 cm³/mol. The van der Waals surface area contributed by atoms with Gasteiger partial charge in [0.2, 0.25) is 0 Å². The first-order valence-electron chi connectivity index (χ1n) is 7.59. The van der Waals surface area contributed by atoms with E-state index in [2.05, 4.69) is 16.0 Å². The van der Waals surface area contributed by atoms with Gasteiger partial charge in [-0.15, -0.1) is 0 Å². The van der Waals surface area contributed by atoms with E-state index in [9.17, 15) is 9.90 Å². The summed E-state index contributed by atoms with van der Waals surface area (Å²) in [4.78, 5) is 18.1. The van der Waals surface area contributed by atoms with E-state index in [0.29, 0.717) is 5.92 Å². The number of carboxylic acids is 1. The molecule has 0 saturated carbocycles. The number of aliphatic carboxylic acids is 1. The van der Waals surface area contributed by atoms with Crippen LogP contribution in [0.5, 0.6) is 0 Å². The second-order valence-electron chi connectivity index (χ2n) is 5.86. The molecule has 1 fully saturated rings. The fraction of sp³-hybridized carbons (Fsp3) is 0.333. The fourth-order valence-electron chi connectivity index (χ4n) is 3.29. The monoisotopic (exact) mass is 296 g/mol. The average Bonchev–Trinajstić information content (AvgIpc) is 2.99. The molecule has 0 radical (unpaired) electrons. The van der Waals surface area contributed by atoms with Crippen LogP contribution in [-0.2, 0) is 4.79 Å².